The second kappa shape index (κ2) is 9.18. The van der Waals surface area contributed by atoms with Gasteiger partial charge in [0.25, 0.3) is 0 Å². The molecule has 0 radical (unpaired) electrons. The van der Waals surface area contributed by atoms with Gasteiger partial charge in [-0.1, -0.05) is 13.8 Å². The molecule has 7 nitrogen and oxygen atoms in total. The van der Waals surface area contributed by atoms with Crippen LogP contribution in [-0.4, -0.2) is 35.6 Å². The van der Waals surface area contributed by atoms with Crippen molar-refractivity contribution in [1.29, 1.82) is 0 Å². The van der Waals surface area contributed by atoms with Crippen LogP contribution >= 0.6 is 0 Å². The lowest BCUT2D eigenvalue weighted by molar-refractivity contribution is -0.139. The van der Waals surface area contributed by atoms with Crippen molar-refractivity contribution in [2.24, 2.45) is 11.7 Å². The second-order valence-corrected chi connectivity index (χ2v) is 4.84. The molecule has 0 spiro atoms. The number of nitrogens with two attached hydrogens (primary N) is 1. The molecule has 5 N–H and O–H groups in total. The number of urea groups is 1. The molecule has 0 aliphatic rings. The van der Waals surface area contributed by atoms with Gasteiger partial charge in [0, 0.05) is 13.0 Å². The maximum Gasteiger partial charge on any atom is 0.326 e. The Hall–Kier alpha value is -1.79. The van der Waals surface area contributed by atoms with Crippen LogP contribution in [-0.2, 0) is 9.59 Å². The standard InChI is InChI=1S/C12H23N3O4/c1-8(2)7-9(11(17)18)15-12(19)14-6-4-3-5-10(13)16/h8-9H,3-7H2,1-2H3,(H2,13,16)(H,17,18)(H2,14,15,19)/t9-/m1/s1. The van der Waals surface area contributed by atoms with Crippen LogP contribution in [0, 0.1) is 5.92 Å². The number of primary amides is 1. The molecule has 0 aliphatic heterocycles. The summed E-state index contributed by atoms with van der Waals surface area (Å²) < 4.78 is 0. The van der Waals surface area contributed by atoms with E-state index >= 15 is 0 Å². The van der Waals surface area contributed by atoms with Gasteiger partial charge < -0.3 is 21.5 Å². The van der Waals surface area contributed by atoms with Crippen LogP contribution in [0.3, 0.4) is 0 Å². The normalized spacial score (nSPS) is 11.9. The van der Waals surface area contributed by atoms with E-state index in [1.165, 1.54) is 0 Å². The molecule has 0 aromatic heterocycles. The number of unbranched alkanes of at least 4 members (excludes halogenated alkanes) is 1. The zero-order chi connectivity index (χ0) is 14.8. The van der Waals surface area contributed by atoms with Crippen molar-refractivity contribution in [2.45, 2.75) is 45.6 Å². The third kappa shape index (κ3) is 9.87. The van der Waals surface area contributed by atoms with Gasteiger partial charge in [-0.3, -0.25) is 4.79 Å². The summed E-state index contributed by atoms with van der Waals surface area (Å²) in [6, 6.07) is -1.39. The molecule has 0 aliphatic carbocycles. The van der Waals surface area contributed by atoms with Crippen LogP contribution in [0.25, 0.3) is 0 Å². The minimum Gasteiger partial charge on any atom is -0.480 e. The minimum absolute atomic E-state index is 0.178. The lowest BCUT2D eigenvalue weighted by Crippen LogP contribution is -2.46. The Balaban J connectivity index is 3.87. The van der Waals surface area contributed by atoms with Crippen LogP contribution in [0.5, 0.6) is 0 Å². The van der Waals surface area contributed by atoms with E-state index in [9.17, 15) is 14.4 Å². The lowest BCUT2D eigenvalue weighted by Gasteiger charge is -2.16. The van der Waals surface area contributed by atoms with E-state index in [1.54, 1.807) is 0 Å². The Labute approximate surface area is 112 Å². The number of carboxylic acid groups (broad SMARTS) is 1. The van der Waals surface area contributed by atoms with Gasteiger partial charge in [-0.15, -0.1) is 0 Å². The number of amides is 3. The predicted molar refractivity (Wildman–Crippen MR) is 70.5 cm³/mol. The van der Waals surface area contributed by atoms with E-state index in [1.807, 2.05) is 13.8 Å². The van der Waals surface area contributed by atoms with Gasteiger partial charge in [0.05, 0.1) is 0 Å². The van der Waals surface area contributed by atoms with Gasteiger partial charge in [0.1, 0.15) is 6.04 Å². The molecule has 110 valence electrons. The highest BCUT2D eigenvalue weighted by Gasteiger charge is 2.20. The fourth-order valence-electron chi connectivity index (χ4n) is 1.53. The van der Waals surface area contributed by atoms with Crippen molar-refractivity contribution in [3.8, 4) is 0 Å². The fraction of sp³-hybridized carbons (Fsp3) is 0.750. The first-order valence-electron chi connectivity index (χ1n) is 6.38. The molecule has 1 atom stereocenters. The third-order valence-corrected chi connectivity index (χ3v) is 2.45. The number of nitrogens with one attached hydrogen (secondary N) is 2. The quantitative estimate of drug-likeness (QED) is 0.455. The minimum atomic E-state index is -1.04. The van der Waals surface area contributed by atoms with Crippen molar-refractivity contribution in [3.63, 3.8) is 0 Å². The van der Waals surface area contributed by atoms with Gasteiger partial charge in [0.15, 0.2) is 0 Å². The molecule has 0 fully saturated rings. The summed E-state index contributed by atoms with van der Waals surface area (Å²) in [4.78, 5) is 32.9. The van der Waals surface area contributed by atoms with Crippen molar-refractivity contribution in [2.75, 3.05) is 6.54 Å². The summed E-state index contributed by atoms with van der Waals surface area (Å²) in [5.41, 5.74) is 4.98. The fourth-order valence-corrected chi connectivity index (χ4v) is 1.53. The van der Waals surface area contributed by atoms with Gasteiger partial charge in [-0.25, -0.2) is 9.59 Å². The monoisotopic (exact) mass is 273 g/mol. The van der Waals surface area contributed by atoms with Crippen LogP contribution < -0.4 is 16.4 Å². The highest BCUT2D eigenvalue weighted by atomic mass is 16.4. The van der Waals surface area contributed by atoms with E-state index in [0.717, 1.165) is 0 Å². The topological polar surface area (TPSA) is 122 Å². The summed E-state index contributed by atoms with van der Waals surface area (Å²) in [5.74, 6) is -1.23. The Morgan fingerprint density at radius 3 is 2.32 bits per heavy atom. The van der Waals surface area contributed by atoms with Gasteiger partial charge >= 0.3 is 12.0 Å². The summed E-state index contributed by atoms with van der Waals surface area (Å²) in [5, 5.41) is 13.9. The van der Waals surface area contributed by atoms with E-state index < -0.39 is 18.0 Å². The van der Waals surface area contributed by atoms with Gasteiger partial charge in [0.2, 0.25) is 5.91 Å². The first kappa shape index (κ1) is 17.2. The van der Waals surface area contributed by atoms with E-state index in [0.29, 0.717) is 25.8 Å². The lowest BCUT2D eigenvalue weighted by atomic mass is 10.0. The molecule has 3 amide bonds. The molecule has 0 saturated carbocycles. The molecule has 0 heterocycles. The molecule has 0 rings (SSSR count). The number of carbonyl (C=O) groups excluding carboxylic acids is 2. The van der Waals surface area contributed by atoms with Crippen LogP contribution in [0.4, 0.5) is 4.79 Å². The van der Waals surface area contributed by atoms with E-state index in [4.69, 9.17) is 10.8 Å². The first-order valence-corrected chi connectivity index (χ1v) is 6.38. The largest absolute Gasteiger partial charge is 0.480 e. The van der Waals surface area contributed by atoms with Gasteiger partial charge in [-0.05, 0) is 25.2 Å². The average molecular weight is 273 g/mol. The molecular weight excluding hydrogens is 250 g/mol. The third-order valence-electron chi connectivity index (χ3n) is 2.45. The smallest absolute Gasteiger partial charge is 0.326 e. The number of hydrogen-bond donors (Lipinski definition) is 4. The Kier molecular flexibility index (Phi) is 8.32. The number of rotatable bonds is 9. The van der Waals surface area contributed by atoms with Crippen molar-refractivity contribution < 1.29 is 19.5 Å². The zero-order valence-electron chi connectivity index (χ0n) is 11.4. The number of carbonyl (C=O) groups is 3. The molecule has 0 bridgehead atoms. The summed E-state index contributed by atoms with van der Waals surface area (Å²) in [7, 11) is 0. The number of aliphatic carboxylic acids is 1. The van der Waals surface area contributed by atoms with Crippen LogP contribution in [0.2, 0.25) is 0 Å². The van der Waals surface area contributed by atoms with Crippen molar-refractivity contribution in [1.82, 2.24) is 10.6 Å². The highest BCUT2D eigenvalue weighted by Crippen LogP contribution is 2.04. The molecule has 19 heavy (non-hydrogen) atoms. The average Bonchev–Trinajstić information content (AvgIpc) is 2.26. The molecule has 0 saturated heterocycles. The number of carboxylic acids is 1. The second-order valence-electron chi connectivity index (χ2n) is 4.84. The van der Waals surface area contributed by atoms with Crippen molar-refractivity contribution >= 4 is 17.9 Å². The summed E-state index contributed by atoms with van der Waals surface area (Å²) in [6.07, 6.45) is 1.89. The first-order chi connectivity index (χ1) is 8.82. The molecular formula is C12H23N3O4. The predicted octanol–water partition coefficient (Wildman–Crippen LogP) is 0.441. The maximum atomic E-state index is 11.5. The highest BCUT2D eigenvalue weighted by molar-refractivity contribution is 5.82. The van der Waals surface area contributed by atoms with E-state index in [2.05, 4.69) is 10.6 Å². The van der Waals surface area contributed by atoms with Gasteiger partial charge in [-0.2, -0.15) is 0 Å². The Morgan fingerprint density at radius 1 is 1.21 bits per heavy atom. The Morgan fingerprint density at radius 2 is 1.84 bits per heavy atom. The summed E-state index contributed by atoms with van der Waals surface area (Å²) in [6.45, 7) is 4.16. The molecule has 0 aromatic rings. The maximum absolute atomic E-state index is 11.5. The zero-order valence-corrected chi connectivity index (χ0v) is 11.4. The Bertz CT molecular complexity index is 318. The van der Waals surface area contributed by atoms with Crippen LogP contribution in [0.15, 0.2) is 0 Å². The van der Waals surface area contributed by atoms with E-state index in [-0.39, 0.29) is 18.2 Å². The molecule has 0 unspecified atom stereocenters. The molecule has 7 heteroatoms. The molecule has 0 aromatic carbocycles. The SMILES string of the molecule is CC(C)C[C@@H](NC(=O)NCCCCC(N)=O)C(=O)O. The summed E-state index contributed by atoms with van der Waals surface area (Å²) >= 11 is 0. The van der Waals surface area contributed by atoms with Crippen LogP contribution in [0.1, 0.15) is 39.5 Å². The van der Waals surface area contributed by atoms with Crippen molar-refractivity contribution in [3.05, 3.63) is 0 Å². The number of hydrogen-bond acceptors (Lipinski definition) is 3.